The summed E-state index contributed by atoms with van der Waals surface area (Å²) in [6.45, 7) is -0.613. The van der Waals surface area contributed by atoms with Crippen LogP contribution < -0.4 is 19.1 Å². The quantitative estimate of drug-likeness (QED) is 0.158. The van der Waals surface area contributed by atoms with Crippen LogP contribution in [-0.4, -0.2) is 58.0 Å². The van der Waals surface area contributed by atoms with Crippen LogP contribution >= 0.6 is 11.6 Å². The third kappa shape index (κ3) is 8.93. The molecule has 1 atom stereocenters. The van der Waals surface area contributed by atoms with Crippen LogP contribution in [0, 0.1) is 0 Å². The molecule has 5 rings (SSSR count). The highest BCUT2D eigenvalue weighted by Gasteiger charge is 2.36. The smallest absolute Gasteiger partial charge is 0.264 e. The zero-order chi connectivity index (χ0) is 34.8. The standard InChI is InChI=1S/C38H42ClN3O6S/c1-47-35-23-22-31(25-36(35)48-2)42(49(45,46)32-19-10-5-11-20-32)27-37(43)41(26-29-16-12-13-21-33(29)39)34(24-28-14-6-3-7-15-28)38(44)40-30-17-8-4-9-18-30/h3,5-7,10-16,19-23,25,30,34H,4,8-9,17-18,24,26-27H2,1-2H3,(H,40,44)/t34-/m1/s1. The molecule has 9 nitrogen and oxygen atoms in total. The summed E-state index contributed by atoms with van der Waals surface area (Å²) >= 11 is 6.62. The number of carbonyl (C=O) groups excluding carboxylic acids is 2. The largest absolute Gasteiger partial charge is 0.493 e. The van der Waals surface area contributed by atoms with Crippen LogP contribution in [0.3, 0.4) is 0 Å². The number of hydrogen-bond donors (Lipinski definition) is 1. The lowest BCUT2D eigenvalue weighted by atomic mass is 9.94. The zero-order valence-electron chi connectivity index (χ0n) is 27.8. The number of benzene rings is 4. The molecule has 11 heteroatoms. The topological polar surface area (TPSA) is 105 Å². The third-order valence-electron chi connectivity index (χ3n) is 8.79. The van der Waals surface area contributed by atoms with E-state index < -0.39 is 28.5 Å². The summed E-state index contributed by atoms with van der Waals surface area (Å²) in [5, 5.41) is 3.65. The lowest BCUT2D eigenvalue weighted by molar-refractivity contribution is -0.140. The first-order valence-electron chi connectivity index (χ1n) is 16.4. The highest BCUT2D eigenvalue weighted by atomic mass is 35.5. The highest BCUT2D eigenvalue weighted by Crippen LogP contribution is 2.34. The van der Waals surface area contributed by atoms with Gasteiger partial charge >= 0.3 is 0 Å². The molecular weight excluding hydrogens is 662 g/mol. The van der Waals surface area contributed by atoms with Crippen LogP contribution in [0.2, 0.25) is 5.02 Å². The molecule has 0 unspecified atom stereocenters. The molecule has 2 amide bonds. The molecule has 1 aliphatic carbocycles. The van der Waals surface area contributed by atoms with Gasteiger partial charge in [-0.05, 0) is 54.3 Å². The summed E-state index contributed by atoms with van der Waals surface area (Å²) in [6.07, 6.45) is 5.12. The first kappa shape index (κ1) is 35.8. The van der Waals surface area contributed by atoms with E-state index in [-0.39, 0.29) is 35.5 Å². The van der Waals surface area contributed by atoms with E-state index in [1.54, 1.807) is 48.5 Å². The van der Waals surface area contributed by atoms with Gasteiger partial charge < -0.3 is 19.7 Å². The monoisotopic (exact) mass is 703 g/mol. The number of nitrogens with one attached hydrogen (secondary N) is 1. The summed E-state index contributed by atoms with van der Waals surface area (Å²) in [7, 11) is -1.34. The van der Waals surface area contributed by atoms with Crippen LogP contribution in [0.5, 0.6) is 11.5 Å². The molecule has 4 aromatic rings. The molecule has 0 bridgehead atoms. The van der Waals surface area contributed by atoms with Crippen molar-refractivity contribution >= 4 is 39.1 Å². The predicted octanol–water partition coefficient (Wildman–Crippen LogP) is 6.64. The fraction of sp³-hybridized carbons (Fsp3) is 0.316. The number of carbonyl (C=O) groups is 2. The second kappa shape index (κ2) is 16.7. The van der Waals surface area contributed by atoms with E-state index in [1.807, 2.05) is 36.4 Å². The van der Waals surface area contributed by atoms with Gasteiger partial charge in [-0.1, -0.05) is 97.6 Å². The fourth-order valence-corrected chi connectivity index (χ4v) is 7.76. The molecule has 1 fully saturated rings. The molecule has 1 N–H and O–H groups in total. The van der Waals surface area contributed by atoms with Gasteiger partial charge in [-0.2, -0.15) is 0 Å². The average molecular weight is 704 g/mol. The summed E-state index contributed by atoms with van der Waals surface area (Å²) in [5.74, 6) is -0.173. The summed E-state index contributed by atoms with van der Waals surface area (Å²) in [6, 6.07) is 28.2. The molecule has 258 valence electrons. The molecule has 0 aliphatic heterocycles. The van der Waals surface area contributed by atoms with Gasteiger partial charge in [-0.25, -0.2) is 8.42 Å². The second-order valence-electron chi connectivity index (χ2n) is 12.0. The van der Waals surface area contributed by atoms with Gasteiger partial charge in [0, 0.05) is 30.1 Å². The highest BCUT2D eigenvalue weighted by molar-refractivity contribution is 7.92. The normalized spacial score (nSPS) is 14.0. The van der Waals surface area contributed by atoms with Gasteiger partial charge in [0.15, 0.2) is 11.5 Å². The van der Waals surface area contributed by atoms with Crippen molar-refractivity contribution in [2.75, 3.05) is 25.1 Å². The Hall–Kier alpha value is -4.54. The van der Waals surface area contributed by atoms with Crippen molar-refractivity contribution < 1.29 is 27.5 Å². The Morgan fingerprint density at radius 3 is 2.12 bits per heavy atom. The van der Waals surface area contributed by atoms with Crippen LogP contribution in [-0.2, 0) is 32.6 Å². The number of rotatable bonds is 14. The van der Waals surface area contributed by atoms with E-state index in [9.17, 15) is 18.0 Å². The Morgan fingerprint density at radius 2 is 1.47 bits per heavy atom. The lowest BCUT2D eigenvalue weighted by Gasteiger charge is -2.35. The first-order valence-corrected chi connectivity index (χ1v) is 18.2. The molecule has 0 saturated heterocycles. The minimum Gasteiger partial charge on any atom is -0.493 e. The van der Waals surface area contributed by atoms with Gasteiger partial charge in [0.25, 0.3) is 10.0 Å². The maximum atomic E-state index is 14.8. The van der Waals surface area contributed by atoms with Crippen LogP contribution in [0.25, 0.3) is 0 Å². The SMILES string of the molecule is COc1ccc(N(CC(=O)N(Cc2ccccc2Cl)[C@H](Cc2ccccc2)C(=O)NC2CCCCC2)S(=O)(=O)c2ccccc2)cc1OC. The predicted molar refractivity (Wildman–Crippen MR) is 191 cm³/mol. The van der Waals surface area contributed by atoms with Crippen LogP contribution in [0.1, 0.15) is 43.2 Å². The van der Waals surface area contributed by atoms with Gasteiger partial charge in [-0.3, -0.25) is 13.9 Å². The Kier molecular flexibility index (Phi) is 12.2. The number of halogens is 1. The Bertz CT molecular complexity index is 1820. The zero-order valence-corrected chi connectivity index (χ0v) is 29.3. The van der Waals surface area contributed by atoms with E-state index in [4.69, 9.17) is 21.1 Å². The van der Waals surface area contributed by atoms with Crippen molar-refractivity contribution in [2.24, 2.45) is 0 Å². The number of ether oxygens (including phenoxy) is 2. The van der Waals surface area contributed by atoms with E-state index in [0.29, 0.717) is 22.1 Å². The number of methoxy groups -OCH3 is 2. The van der Waals surface area contributed by atoms with Crippen molar-refractivity contribution in [3.05, 3.63) is 119 Å². The fourth-order valence-electron chi connectivity index (χ4n) is 6.14. The molecule has 0 aromatic heterocycles. The molecule has 0 spiro atoms. The summed E-state index contributed by atoms with van der Waals surface area (Å²) in [5.41, 5.74) is 1.68. The number of sulfonamides is 1. The minimum atomic E-state index is -4.27. The Labute approximate surface area is 293 Å². The number of amides is 2. The average Bonchev–Trinajstić information content (AvgIpc) is 3.13. The van der Waals surface area contributed by atoms with E-state index >= 15 is 0 Å². The molecule has 1 aliphatic rings. The summed E-state index contributed by atoms with van der Waals surface area (Å²) in [4.78, 5) is 30.5. The number of nitrogens with zero attached hydrogens (tertiary/aromatic N) is 2. The van der Waals surface area contributed by atoms with Gasteiger partial charge in [0.1, 0.15) is 12.6 Å². The van der Waals surface area contributed by atoms with Crippen molar-refractivity contribution in [1.82, 2.24) is 10.2 Å². The second-order valence-corrected chi connectivity index (χ2v) is 14.3. The molecule has 0 heterocycles. The third-order valence-corrected chi connectivity index (χ3v) is 10.9. The molecule has 1 saturated carbocycles. The maximum absolute atomic E-state index is 14.8. The Morgan fingerprint density at radius 1 is 0.837 bits per heavy atom. The van der Waals surface area contributed by atoms with E-state index in [2.05, 4.69) is 5.32 Å². The molecular formula is C38H42ClN3O6S. The van der Waals surface area contributed by atoms with Crippen LogP contribution in [0.4, 0.5) is 5.69 Å². The first-order chi connectivity index (χ1) is 23.7. The number of anilines is 1. The Balaban J connectivity index is 1.59. The van der Waals surface area contributed by atoms with Crippen molar-refractivity contribution in [1.29, 1.82) is 0 Å². The molecule has 0 radical (unpaired) electrons. The van der Waals surface area contributed by atoms with Gasteiger partial charge in [0.05, 0.1) is 24.8 Å². The van der Waals surface area contributed by atoms with E-state index in [0.717, 1.165) is 42.0 Å². The van der Waals surface area contributed by atoms with Crippen LogP contribution in [0.15, 0.2) is 108 Å². The minimum absolute atomic E-state index is 0.00138. The summed E-state index contributed by atoms with van der Waals surface area (Å²) < 4.78 is 40.5. The maximum Gasteiger partial charge on any atom is 0.264 e. The lowest BCUT2D eigenvalue weighted by Crippen LogP contribution is -2.55. The van der Waals surface area contributed by atoms with E-state index in [1.165, 1.54) is 37.3 Å². The molecule has 4 aromatic carbocycles. The van der Waals surface area contributed by atoms with Crippen molar-refractivity contribution in [3.63, 3.8) is 0 Å². The van der Waals surface area contributed by atoms with Gasteiger partial charge in [0.2, 0.25) is 11.8 Å². The van der Waals surface area contributed by atoms with Gasteiger partial charge in [-0.15, -0.1) is 0 Å². The van der Waals surface area contributed by atoms with Crippen molar-refractivity contribution in [3.8, 4) is 11.5 Å². The number of hydrogen-bond acceptors (Lipinski definition) is 6. The van der Waals surface area contributed by atoms with Crippen molar-refractivity contribution in [2.45, 2.75) is 62.0 Å². The molecule has 49 heavy (non-hydrogen) atoms.